The van der Waals surface area contributed by atoms with Crippen LogP contribution in [0.5, 0.6) is 5.75 Å². The molecule has 1 aromatic heterocycles. The minimum atomic E-state index is -0.817. The molecule has 1 amide bonds. The van der Waals surface area contributed by atoms with Crippen LogP contribution in [0, 0.1) is 13.8 Å². The maximum absolute atomic E-state index is 12.8. The van der Waals surface area contributed by atoms with Crippen molar-refractivity contribution in [2.45, 2.75) is 39.4 Å². The number of hydrogen-bond donors (Lipinski definition) is 1. The van der Waals surface area contributed by atoms with Crippen molar-refractivity contribution in [2.75, 3.05) is 13.1 Å². The number of aromatic nitrogens is 1. The molecule has 24 heavy (non-hydrogen) atoms. The van der Waals surface area contributed by atoms with Crippen LogP contribution >= 0.6 is 0 Å². The van der Waals surface area contributed by atoms with E-state index in [0.717, 1.165) is 11.3 Å². The first-order chi connectivity index (χ1) is 11.4. The zero-order valence-corrected chi connectivity index (χ0v) is 14.2. The number of aryl methyl sites for hydroxylation is 2. The van der Waals surface area contributed by atoms with Crippen molar-refractivity contribution in [3.05, 3.63) is 46.8 Å². The molecule has 1 aliphatic heterocycles. The van der Waals surface area contributed by atoms with E-state index >= 15 is 0 Å². The van der Waals surface area contributed by atoms with Gasteiger partial charge >= 0.3 is 0 Å². The monoisotopic (exact) mass is 330 g/mol. The topological polar surface area (TPSA) is 75.8 Å². The number of β-amino-alcohol motifs (C(OH)–C–C–N with tert-alkyl or cyclic N) is 1. The summed E-state index contributed by atoms with van der Waals surface area (Å²) < 4.78 is 11.0. The lowest BCUT2D eigenvalue weighted by atomic mass is 10.1. The summed E-state index contributed by atoms with van der Waals surface area (Å²) in [6, 6.07) is 7.17. The second-order valence-corrected chi connectivity index (χ2v) is 6.56. The number of likely N-dealkylation sites (tertiary alicyclic amines) is 1. The SMILES string of the molecule is Cc1noc(C)c1COc1ccccc1C(=O)N1CC[C@@](C)(O)C1. The number of amides is 1. The first-order valence-corrected chi connectivity index (χ1v) is 8.02. The molecule has 0 aliphatic carbocycles. The molecule has 0 unspecified atom stereocenters. The van der Waals surface area contributed by atoms with E-state index in [9.17, 15) is 9.90 Å². The predicted molar refractivity (Wildman–Crippen MR) is 87.9 cm³/mol. The highest BCUT2D eigenvalue weighted by molar-refractivity contribution is 5.97. The number of carbonyl (C=O) groups excluding carboxylic acids is 1. The Kier molecular flexibility index (Phi) is 4.32. The molecule has 2 aromatic rings. The lowest BCUT2D eigenvalue weighted by molar-refractivity contribution is 0.0569. The summed E-state index contributed by atoms with van der Waals surface area (Å²) in [6.45, 7) is 6.62. The molecule has 0 bridgehead atoms. The molecule has 0 saturated carbocycles. The average Bonchev–Trinajstić information content (AvgIpc) is 3.07. The second kappa shape index (κ2) is 6.28. The van der Waals surface area contributed by atoms with E-state index in [0.29, 0.717) is 43.2 Å². The van der Waals surface area contributed by atoms with Crippen molar-refractivity contribution >= 4 is 5.91 Å². The van der Waals surface area contributed by atoms with Crippen LogP contribution < -0.4 is 4.74 Å². The van der Waals surface area contributed by atoms with Crippen molar-refractivity contribution in [3.8, 4) is 5.75 Å². The van der Waals surface area contributed by atoms with Gasteiger partial charge in [-0.2, -0.15) is 0 Å². The average molecular weight is 330 g/mol. The molecule has 0 spiro atoms. The smallest absolute Gasteiger partial charge is 0.257 e. The third kappa shape index (κ3) is 3.28. The summed E-state index contributed by atoms with van der Waals surface area (Å²) in [7, 11) is 0. The molecule has 128 valence electrons. The molecule has 1 aromatic carbocycles. The maximum atomic E-state index is 12.8. The number of para-hydroxylation sites is 1. The highest BCUT2D eigenvalue weighted by atomic mass is 16.5. The molecule has 0 radical (unpaired) electrons. The van der Waals surface area contributed by atoms with Crippen molar-refractivity contribution < 1.29 is 19.2 Å². The van der Waals surface area contributed by atoms with Gasteiger partial charge < -0.3 is 19.3 Å². The summed E-state index contributed by atoms with van der Waals surface area (Å²) in [5.41, 5.74) is 1.36. The van der Waals surface area contributed by atoms with Crippen molar-refractivity contribution in [1.29, 1.82) is 0 Å². The van der Waals surface area contributed by atoms with Crippen LogP contribution in [0.4, 0.5) is 0 Å². The Morgan fingerprint density at radius 1 is 1.42 bits per heavy atom. The van der Waals surface area contributed by atoms with Crippen LogP contribution in [-0.4, -0.2) is 39.8 Å². The number of benzene rings is 1. The van der Waals surface area contributed by atoms with E-state index in [1.165, 1.54) is 0 Å². The zero-order valence-electron chi connectivity index (χ0n) is 14.2. The van der Waals surface area contributed by atoms with Gasteiger partial charge in [0.15, 0.2) is 0 Å². The molecule has 6 nitrogen and oxygen atoms in total. The third-order valence-corrected chi connectivity index (χ3v) is 4.41. The predicted octanol–water partition coefficient (Wildman–Crippen LogP) is 2.47. The van der Waals surface area contributed by atoms with E-state index in [1.807, 2.05) is 26.0 Å². The highest BCUT2D eigenvalue weighted by Crippen LogP contribution is 2.27. The third-order valence-electron chi connectivity index (χ3n) is 4.41. The molecule has 6 heteroatoms. The molecule has 1 fully saturated rings. The van der Waals surface area contributed by atoms with Crippen LogP contribution in [0.2, 0.25) is 0 Å². The lowest BCUT2D eigenvalue weighted by Crippen LogP contribution is -2.34. The van der Waals surface area contributed by atoms with Gasteiger partial charge in [0, 0.05) is 13.1 Å². The molecular weight excluding hydrogens is 308 g/mol. The fourth-order valence-electron chi connectivity index (χ4n) is 2.92. The molecule has 2 heterocycles. The standard InChI is InChI=1S/C18H22N2O4/c1-12-15(13(2)24-19-12)10-23-16-7-5-4-6-14(16)17(21)20-9-8-18(3,22)11-20/h4-7,22H,8-11H2,1-3H3/t18-/m1/s1. The summed E-state index contributed by atoms with van der Waals surface area (Å²) in [6.07, 6.45) is 0.584. The van der Waals surface area contributed by atoms with Gasteiger partial charge in [0.2, 0.25) is 0 Å². The zero-order chi connectivity index (χ0) is 17.3. The Labute approximate surface area is 141 Å². The summed E-state index contributed by atoms with van der Waals surface area (Å²) in [5, 5.41) is 14.0. The second-order valence-electron chi connectivity index (χ2n) is 6.56. The first-order valence-electron chi connectivity index (χ1n) is 8.02. The molecule has 1 N–H and O–H groups in total. The summed E-state index contributed by atoms with van der Waals surface area (Å²) >= 11 is 0. The van der Waals surface area contributed by atoms with Gasteiger partial charge in [-0.3, -0.25) is 4.79 Å². The molecular formula is C18H22N2O4. The lowest BCUT2D eigenvalue weighted by Gasteiger charge is -2.20. The van der Waals surface area contributed by atoms with Gasteiger partial charge in [-0.1, -0.05) is 17.3 Å². The Bertz CT molecular complexity index is 732. The molecule has 1 atom stereocenters. The highest BCUT2D eigenvalue weighted by Gasteiger charge is 2.35. The van der Waals surface area contributed by atoms with Gasteiger partial charge in [0.05, 0.1) is 22.4 Å². The number of carbonyl (C=O) groups is 1. The van der Waals surface area contributed by atoms with E-state index in [-0.39, 0.29) is 5.91 Å². The summed E-state index contributed by atoms with van der Waals surface area (Å²) in [5.74, 6) is 1.11. The number of rotatable bonds is 4. The minimum Gasteiger partial charge on any atom is -0.488 e. The quantitative estimate of drug-likeness (QED) is 0.932. The van der Waals surface area contributed by atoms with Crippen LogP contribution in [-0.2, 0) is 6.61 Å². The fraction of sp³-hybridized carbons (Fsp3) is 0.444. The van der Waals surface area contributed by atoms with Crippen LogP contribution in [0.3, 0.4) is 0 Å². The number of nitrogens with zero attached hydrogens (tertiary/aromatic N) is 2. The Hall–Kier alpha value is -2.34. The summed E-state index contributed by atoms with van der Waals surface area (Å²) in [4.78, 5) is 14.4. The Morgan fingerprint density at radius 2 is 2.17 bits per heavy atom. The Balaban J connectivity index is 1.77. The van der Waals surface area contributed by atoms with Crippen molar-refractivity contribution in [3.63, 3.8) is 0 Å². The van der Waals surface area contributed by atoms with Crippen LogP contribution in [0.15, 0.2) is 28.8 Å². The van der Waals surface area contributed by atoms with E-state index in [2.05, 4.69) is 5.16 Å². The van der Waals surface area contributed by atoms with Gasteiger partial charge in [-0.05, 0) is 39.3 Å². The number of aliphatic hydroxyl groups is 1. The van der Waals surface area contributed by atoms with Gasteiger partial charge in [0.25, 0.3) is 5.91 Å². The Morgan fingerprint density at radius 3 is 2.79 bits per heavy atom. The largest absolute Gasteiger partial charge is 0.488 e. The molecule has 1 saturated heterocycles. The maximum Gasteiger partial charge on any atom is 0.257 e. The normalized spacial score (nSPS) is 20.4. The molecule has 3 rings (SSSR count). The van der Waals surface area contributed by atoms with E-state index in [1.54, 1.807) is 24.0 Å². The van der Waals surface area contributed by atoms with Crippen LogP contribution in [0.25, 0.3) is 0 Å². The minimum absolute atomic E-state index is 0.123. The van der Waals surface area contributed by atoms with Gasteiger partial charge in [0.1, 0.15) is 18.1 Å². The van der Waals surface area contributed by atoms with E-state index in [4.69, 9.17) is 9.26 Å². The van der Waals surface area contributed by atoms with Gasteiger partial charge in [-0.25, -0.2) is 0 Å². The van der Waals surface area contributed by atoms with Crippen molar-refractivity contribution in [1.82, 2.24) is 10.1 Å². The van der Waals surface area contributed by atoms with E-state index < -0.39 is 5.60 Å². The van der Waals surface area contributed by atoms with Gasteiger partial charge in [-0.15, -0.1) is 0 Å². The van der Waals surface area contributed by atoms with Crippen molar-refractivity contribution in [2.24, 2.45) is 0 Å². The number of ether oxygens (including phenoxy) is 1. The molecule has 1 aliphatic rings. The van der Waals surface area contributed by atoms with Crippen LogP contribution in [0.1, 0.15) is 40.7 Å². The number of hydrogen-bond acceptors (Lipinski definition) is 5. The fourth-order valence-corrected chi connectivity index (χ4v) is 2.92. The first kappa shape index (κ1) is 16.5.